The van der Waals surface area contributed by atoms with E-state index in [9.17, 15) is 14.4 Å². The van der Waals surface area contributed by atoms with Crippen molar-refractivity contribution in [2.45, 2.75) is 6.04 Å². The van der Waals surface area contributed by atoms with E-state index < -0.39 is 6.04 Å². The number of likely N-dealkylation sites (N-methyl/N-ethyl adjacent to an activating group) is 1. The maximum absolute atomic E-state index is 11.7. The molecule has 16 heavy (non-hydrogen) atoms. The zero-order valence-electron chi connectivity index (χ0n) is 9.05. The molecular formula is C10H13N3O3. The highest BCUT2D eigenvalue weighted by Crippen LogP contribution is 2.20. The Labute approximate surface area is 93.1 Å². The van der Waals surface area contributed by atoms with Gasteiger partial charge in [0.05, 0.1) is 6.54 Å². The molecule has 2 rings (SSSR count). The highest BCUT2D eigenvalue weighted by Gasteiger charge is 2.46. The minimum absolute atomic E-state index is 0.200. The fraction of sp³-hybridized carbons (Fsp3) is 0.500. The van der Waals surface area contributed by atoms with Crippen LogP contribution in [0, 0.1) is 0 Å². The van der Waals surface area contributed by atoms with Crippen molar-refractivity contribution < 1.29 is 14.4 Å². The fourth-order valence-corrected chi connectivity index (χ4v) is 2.06. The molecule has 0 N–H and O–H groups in total. The Hall–Kier alpha value is -1.85. The summed E-state index contributed by atoms with van der Waals surface area (Å²) in [6.45, 7) is 4.52. The highest BCUT2D eigenvalue weighted by molar-refractivity contribution is 6.04. The maximum Gasteiger partial charge on any atom is 0.327 e. The Bertz CT molecular complexity index is 380. The van der Waals surface area contributed by atoms with E-state index in [1.165, 1.54) is 18.0 Å². The summed E-state index contributed by atoms with van der Waals surface area (Å²) in [4.78, 5) is 38.9. The van der Waals surface area contributed by atoms with Crippen LogP contribution in [0.5, 0.6) is 0 Å². The van der Waals surface area contributed by atoms with Gasteiger partial charge in [-0.2, -0.15) is 0 Å². The van der Waals surface area contributed by atoms with E-state index >= 15 is 0 Å². The van der Waals surface area contributed by atoms with E-state index in [-0.39, 0.29) is 24.4 Å². The lowest BCUT2D eigenvalue weighted by Crippen LogP contribution is -2.54. The summed E-state index contributed by atoms with van der Waals surface area (Å²) in [5.41, 5.74) is 0. The number of hydrogen-bond donors (Lipinski definition) is 0. The summed E-state index contributed by atoms with van der Waals surface area (Å²) < 4.78 is 0. The molecule has 0 spiro atoms. The van der Waals surface area contributed by atoms with Crippen LogP contribution < -0.4 is 0 Å². The van der Waals surface area contributed by atoms with Crippen molar-refractivity contribution in [3.05, 3.63) is 12.7 Å². The van der Waals surface area contributed by atoms with Crippen molar-refractivity contribution in [1.82, 2.24) is 14.7 Å². The van der Waals surface area contributed by atoms with Crippen LogP contribution in [0.1, 0.15) is 0 Å². The van der Waals surface area contributed by atoms with Gasteiger partial charge in [0.2, 0.25) is 5.91 Å². The zero-order valence-corrected chi connectivity index (χ0v) is 9.05. The van der Waals surface area contributed by atoms with E-state index in [4.69, 9.17) is 0 Å². The van der Waals surface area contributed by atoms with E-state index in [0.29, 0.717) is 13.1 Å². The Morgan fingerprint density at radius 1 is 1.44 bits per heavy atom. The lowest BCUT2D eigenvalue weighted by Gasteiger charge is -2.34. The van der Waals surface area contributed by atoms with Gasteiger partial charge in [-0.25, -0.2) is 4.79 Å². The topological polar surface area (TPSA) is 60.9 Å². The molecule has 4 amide bonds. The smallest absolute Gasteiger partial charge is 0.327 e. The summed E-state index contributed by atoms with van der Waals surface area (Å²) >= 11 is 0. The van der Waals surface area contributed by atoms with Crippen molar-refractivity contribution in [3.8, 4) is 0 Å². The number of urea groups is 1. The SMILES string of the molecule is C=CC(=O)N1CCN2C(=O)N(C)C(=O)C2C1. The number of amides is 4. The van der Waals surface area contributed by atoms with Crippen molar-refractivity contribution in [2.24, 2.45) is 0 Å². The molecule has 2 aliphatic rings. The molecule has 86 valence electrons. The molecule has 0 aromatic rings. The number of fused-ring (bicyclic) bond motifs is 1. The van der Waals surface area contributed by atoms with Gasteiger partial charge in [0.1, 0.15) is 6.04 Å². The molecule has 1 unspecified atom stereocenters. The van der Waals surface area contributed by atoms with E-state index in [1.807, 2.05) is 0 Å². The molecule has 0 aliphatic carbocycles. The Morgan fingerprint density at radius 3 is 2.75 bits per heavy atom. The predicted octanol–water partition coefficient (Wildman–Crippen LogP) is -0.723. The minimum Gasteiger partial charge on any atom is -0.335 e. The molecule has 0 aromatic carbocycles. The van der Waals surface area contributed by atoms with Gasteiger partial charge in [0.25, 0.3) is 5.91 Å². The van der Waals surface area contributed by atoms with Gasteiger partial charge >= 0.3 is 6.03 Å². The molecular weight excluding hydrogens is 210 g/mol. The summed E-state index contributed by atoms with van der Waals surface area (Å²) in [5, 5.41) is 0. The third kappa shape index (κ3) is 1.37. The average Bonchev–Trinajstić information content (AvgIpc) is 2.53. The van der Waals surface area contributed by atoms with Crippen LogP contribution in [0.15, 0.2) is 12.7 Å². The number of nitrogens with zero attached hydrogens (tertiary/aromatic N) is 3. The van der Waals surface area contributed by atoms with Crippen molar-refractivity contribution >= 4 is 17.8 Å². The van der Waals surface area contributed by atoms with Crippen LogP contribution in [-0.2, 0) is 9.59 Å². The first-order valence-electron chi connectivity index (χ1n) is 5.05. The van der Waals surface area contributed by atoms with Crippen LogP contribution in [-0.4, -0.2) is 65.3 Å². The second-order valence-corrected chi connectivity index (χ2v) is 3.88. The standard InChI is InChI=1S/C10H13N3O3/c1-3-8(14)12-4-5-13-7(6-12)9(15)11(2)10(13)16/h3,7H,1,4-6H2,2H3. The number of carbonyl (C=O) groups excluding carboxylic acids is 3. The molecule has 2 saturated heterocycles. The molecule has 6 heteroatoms. The fourth-order valence-electron chi connectivity index (χ4n) is 2.06. The van der Waals surface area contributed by atoms with Gasteiger partial charge in [-0.15, -0.1) is 0 Å². The van der Waals surface area contributed by atoms with Gasteiger partial charge in [0, 0.05) is 20.1 Å². The number of piperazine rings is 1. The molecule has 0 aromatic heterocycles. The average molecular weight is 223 g/mol. The van der Waals surface area contributed by atoms with Gasteiger partial charge in [-0.3, -0.25) is 14.5 Å². The highest BCUT2D eigenvalue weighted by atomic mass is 16.2. The van der Waals surface area contributed by atoms with E-state index in [2.05, 4.69) is 6.58 Å². The van der Waals surface area contributed by atoms with Gasteiger partial charge < -0.3 is 9.80 Å². The number of hydrogen-bond acceptors (Lipinski definition) is 3. The van der Waals surface area contributed by atoms with Crippen LogP contribution in [0.3, 0.4) is 0 Å². The van der Waals surface area contributed by atoms with Crippen LogP contribution in [0.2, 0.25) is 0 Å². The number of carbonyl (C=O) groups is 3. The summed E-state index contributed by atoms with van der Waals surface area (Å²) in [7, 11) is 1.46. The summed E-state index contributed by atoms with van der Waals surface area (Å²) in [6, 6.07) is -0.796. The molecule has 0 bridgehead atoms. The molecule has 2 heterocycles. The first-order chi connectivity index (χ1) is 7.56. The minimum atomic E-state index is -0.518. The Balaban J connectivity index is 2.16. The van der Waals surface area contributed by atoms with Crippen LogP contribution in [0.4, 0.5) is 4.79 Å². The molecule has 2 aliphatic heterocycles. The molecule has 6 nitrogen and oxygen atoms in total. The summed E-state index contributed by atoms with van der Waals surface area (Å²) in [5.74, 6) is -0.444. The van der Waals surface area contributed by atoms with E-state index in [0.717, 1.165) is 4.90 Å². The quantitative estimate of drug-likeness (QED) is 0.435. The molecule has 0 radical (unpaired) electrons. The van der Waals surface area contributed by atoms with Crippen molar-refractivity contribution in [2.75, 3.05) is 26.7 Å². The van der Waals surface area contributed by atoms with E-state index in [1.54, 1.807) is 4.90 Å². The molecule has 0 saturated carbocycles. The third-order valence-electron chi connectivity index (χ3n) is 3.01. The molecule has 1 atom stereocenters. The third-order valence-corrected chi connectivity index (χ3v) is 3.01. The van der Waals surface area contributed by atoms with Crippen LogP contribution in [0.25, 0.3) is 0 Å². The van der Waals surface area contributed by atoms with Gasteiger partial charge in [-0.1, -0.05) is 6.58 Å². The lowest BCUT2D eigenvalue weighted by molar-refractivity contribution is -0.132. The van der Waals surface area contributed by atoms with Crippen molar-refractivity contribution in [1.29, 1.82) is 0 Å². The largest absolute Gasteiger partial charge is 0.335 e. The van der Waals surface area contributed by atoms with Gasteiger partial charge in [-0.05, 0) is 6.08 Å². The summed E-state index contributed by atoms with van der Waals surface area (Å²) in [6.07, 6.45) is 1.22. The first-order valence-corrected chi connectivity index (χ1v) is 5.05. The number of rotatable bonds is 1. The monoisotopic (exact) mass is 223 g/mol. The maximum atomic E-state index is 11.7. The molecule has 2 fully saturated rings. The number of imide groups is 1. The predicted molar refractivity (Wildman–Crippen MR) is 55.4 cm³/mol. The Morgan fingerprint density at radius 2 is 2.12 bits per heavy atom. The lowest BCUT2D eigenvalue weighted by atomic mass is 10.2. The zero-order chi connectivity index (χ0) is 11.9. The van der Waals surface area contributed by atoms with Crippen LogP contribution >= 0.6 is 0 Å². The van der Waals surface area contributed by atoms with Crippen molar-refractivity contribution in [3.63, 3.8) is 0 Å². The first kappa shape index (κ1) is 10.7. The normalized spacial score (nSPS) is 24.8. The second-order valence-electron chi connectivity index (χ2n) is 3.88. The second kappa shape index (κ2) is 3.62. The Kier molecular flexibility index (Phi) is 2.41. The van der Waals surface area contributed by atoms with Gasteiger partial charge in [0.15, 0.2) is 0 Å².